The fraction of sp³-hybridized carbons (Fsp3) is 0.200. The Morgan fingerprint density at radius 1 is 1.21 bits per heavy atom. The molecular formula is C20H20N4O3S. The first-order valence-corrected chi connectivity index (χ1v) is 9.54. The van der Waals surface area contributed by atoms with Crippen LogP contribution >= 0.6 is 11.3 Å². The number of rotatable bonds is 6. The van der Waals surface area contributed by atoms with Gasteiger partial charge in [0.15, 0.2) is 5.13 Å². The predicted molar refractivity (Wildman–Crippen MR) is 111 cm³/mol. The molecule has 1 aromatic heterocycles. The number of hydrogen-bond acceptors (Lipinski definition) is 6. The number of nitrogens with one attached hydrogen (secondary N) is 1. The Morgan fingerprint density at radius 2 is 1.89 bits per heavy atom. The SMILES string of the molecule is CC(=O)N(c1nc(CNc2cccc([N+](=O)[O-])c2)cs1)c1c(C)cccc1C. The topological polar surface area (TPSA) is 88.4 Å². The van der Waals surface area contributed by atoms with Crippen molar-refractivity contribution in [1.29, 1.82) is 0 Å². The zero-order valence-electron chi connectivity index (χ0n) is 15.8. The number of carbonyl (C=O) groups is 1. The molecule has 28 heavy (non-hydrogen) atoms. The Bertz CT molecular complexity index is 1010. The molecular weight excluding hydrogens is 376 g/mol. The van der Waals surface area contributed by atoms with Gasteiger partial charge in [-0.15, -0.1) is 11.3 Å². The molecule has 0 atom stereocenters. The summed E-state index contributed by atoms with van der Waals surface area (Å²) < 4.78 is 0. The molecule has 1 heterocycles. The standard InChI is InChI=1S/C20H20N4O3S/c1-13-6-4-7-14(2)19(13)23(15(3)25)20-22-17(12-28-20)11-21-16-8-5-9-18(10-16)24(26)27/h4-10,12,21H,11H2,1-3H3. The van der Waals surface area contributed by atoms with E-state index in [9.17, 15) is 14.9 Å². The average Bonchev–Trinajstić information content (AvgIpc) is 3.11. The minimum absolute atomic E-state index is 0.0294. The zero-order valence-corrected chi connectivity index (χ0v) is 16.6. The van der Waals surface area contributed by atoms with Crippen LogP contribution in [0.5, 0.6) is 0 Å². The van der Waals surface area contributed by atoms with Gasteiger partial charge in [0.05, 0.1) is 22.8 Å². The highest BCUT2D eigenvalue weighted by Crippen LogP contribution is 2.33. The van der Waals surface area contributed by atoms with Crippen molar-refractivity contribution in [1.82, 2.24) is 4.98 Å². The first kappa shape index (κ1) is 19.5. The van der Waals surface area contributed by atoms with E-state index in [0.717, 1.165) is 22.5 Å². The van der Waals surface area contributed by atoms with E-state index in [1.807, 2.05) is 37.4 Å². The number of amides is 1. The predicted octanol–water partition coefficient (Wildman–Crippen LogP) is 4.96. The number of nitro benzene ring substituents is 1. The normalized spacial score (nSPS) is 10.5. The number of anilines is 3. The van der Waals surface area contributed by atoms with Crippen LogP contribution in [-0.4, -0.2) is 15.8 Å². The Labute approximate surface area is 166 Å². The van der Waals surface area contributed by atoms with Crippen molar-refractivity contribution in [3.05, 3.63) is 74.8 Å². The maximum atomic E-state index is 12.4. The fourth-order valence-electron chi connectivity index (χ4n) is 2.95. The minimum Gasteiger partial charge on any atom is -0.379 e. The quantitative estimate of drug-likeness (QED) is 0.470. The molecule has 2 aromatic carbocycles. The molecule has 0 aliphatic carbocycles. The third-order valence-corrected chi connectivity index (χ3v) is 5.11. The van der Waals surface area contributed by atoms with E-state index in [0.29, 0.717) is 17.4 Å². The molecule has 0 saturated carbocycles. The van der Waals surface area contributed by atoms with Gasteiger partial charge in [0.25, 0.3) is 5.69 Å². The van der Waals surface area contributed by atoms with Gasteiger partial charge in [0.1, 0.15) is 0 Å². The smallest absolute Gasteiger partial charge is 0.271 e. The van der Waals surface area contributed by atoms with Gasteiger partial charge in [0.2, 0.25) is 5.91 Å². The van der Waals surface area contributed by atoms with Gasteiger partial charge < -0.3 is 5.32 Å². The van der Waals surface area contributed by atoms with Crippen molar-refractivity contribution < 1.29 is 9.72 Å². The van der Waals surface area contributed by atoms with E-state index in [-0.39, 0.29) is 11.6 Å². The number of aryl methyl sites for hydroxylation is 2. The van der Waals surface area contributed by atoms with Crippen LogP contribution in [0, 0.1) is 24.0 Å². The number of nitro groups is 1. The van der Waals surface area contributed by atoms with Crippen LogP contribution in [0.25, 0.3) is 0 Å². The molecule has 0 aliphatic heterocycles. The van der Waals surface area contributed by atoms with Gasteiger partial charge in [-0.2, -0.15) is 0 Å². The highest BCUT2D eigenvalue weighted by Gasteiger charge is 2.21. The fourth-order valence-corrected chi connectivity index (χ4v) is 3.82. The first-order chi connectivity index (χ1) is 13.4. The lowest BCUT2D eigenvalue weighted by Gasteiger charge is -2.22. The van der Waals surface area contributed by atoms with E-state index in [2.05, 4.69) is 10.3 Å². The van der Waals surface area contributed by atoms with Crippen LogP contribution < -0.4 is 10.2 Å². The van der Waals surface area contributed by atoms with Gasteiger partial charge in [-0.3, -0.25) is 19.8 Å². The molecule has 1 amide bonds. The number of aromatic nitrogens is 1. The van der Waals surface area contributed by atoms with Crippen molar-refractivity contribution in [3.8, 4) is 0 Å². The lowest BCUT2D eigenvalue weighted by molar-refractivity contribution is -0.384. The zero-order chi connectivity index (χ0) is 20.3. The van der Waals surface area contributed by atoms with Crippen molar-refractivity contribution >= 4 is 39.4 Å². The molecule has 3 rings (SSSR count). The van der Waals surface area contributed by atoms with E-state index in [1.54, 1.807) is 17.0 Å². The van der Waals surface area contributed by atoms with Crippen LogP contribution in [0.15, 0.2) is 47.8 Å². The summed E-state index contributed by atoms with van der Waals surface area (Å²) in [5.74, 6) is -0.107. The van der Waals surface area contributed by atoms with Crippen LogP contribution in [0.4, 0.5) is 22.2 Å². The molecule has 0 unspecified atom stereocenters. The summed E-state index contributed by atoms with van der Waals surface area (Å²) in [6.07, 6.45) is 0. The van der Waals surface area contributed by atoms with Gasteiger partial charge in [0, 0.05) is 30.1 Å². The van der Waals surface area contributed by atoms with Crippen LogP contribution in [0.1, 0.15) is 23.7 Å². The van der Waals surface area contributed by atoms with Crippen LogP contribution in [-0.2, 0) is 11.3 Å². The monoisotopic (exact) mass is 396 g/mol. The molecule has 7 nitrogen and oxygen atoms in total. The summed E-state index contributed by atoms with van der Waals surface area (Å²) in [6, 6.07) is 12.2. The molecule has 0 aliphatic rings. The second-order valence-corrected chi connectivity index (χ2v) is 7.21. The molecule has 0 radical (unpaired) electrons. The number of thiazole rings is 1. The van der Waals surface area contributed by atoms with Crippen molar-refractivity contribution in [2.75, 3.05) is 10.2 Å². The maximum Gasteiger partial charge on any atom is 0.271 e. The van der Waals surface area contributed by atoms with E-state index >= 15 is 0 Å². The number of benzene rings is 2. The summed E-state index contributed by atoms with van der Waals surface area (Å²) in [5.41, 5.74) is 4.28. The first-order valence-electron chi connectivity index (χ1n) is 8.66. The summed E-state index contributed by atoms with van der Waals surface area (Å²) in [6.45, 7) is 5.86. The second-order valence-electron chi connectivity index (χ2n) is 6.38. The molecule has 0 spiro atoms. The Morgan fingerprint density at radius 3 is 2.54 bits per heavy atom. The van der Waals surface area contributed by atoms with Gasteiger partial charge >= 0.3 is 0 Å². The summed E-state index contributed by atoms with van der Waals surface area (Å²) in [4.78, 5) is 29.0. The lowest BCUT2D eigenvalue weighted by atomic mass is 10.1. The average molecular weight is 396 g/mol. The second kappa shape index (κ2) is 8.18. The van der Waals surface area contributed by atoms with Crippen LogP contribution in [0.3, 0.4) is 0 Å². The van der Waals surface area contributed by atoms with Crippen molar-refractivity contribution in [2.24, 2.45) is 0 Å². The number of carbonyl (C=O) groups excluding carboxylic acids is 1. The number of hydrogen-bond donors (Lipinski definition) is 1. The molecule has 0 saturated heterocycles. The largest absolute Gasteiger partial charge is 0.379 e. The summed E-state index contributed by atoms with van der Waals surface area (Å²) in [7, 11) is 0. The minimum atomic E-state index is -0.429. The number of para-hydroxylation sites is 1. The van der Waals surface area contributed by atoms with Crippen molar-refractivity contribution in [2.45, 2.75) is 27.3 Å². The van der Waals surface area contributed by atoms with Gasteiger partial charge in [-0.05, 0) is 31.0 Å². The van der Waals surface area contributed by atoms with E-state index in [4.69, 9.17) is 0 Å². The van der Waals surface area contributed by atoms with Crippen LogP contribution in [0.2, 0.25) is 0 Å². The Kier molecular flexibility index (Phi) is 5.70. The Balaban J connectivity index is 1.81. The van der Waals surface area contributed by atoms with Gasteiger partial charge in [-0.25, -0.2) is 4.98 Å². The number of nitrogens with zero attached hydrogens (tertiary/aromatic N) is 3. The molecule has 3 aromatic rings. The molecule has 0 fully saturated rings. The molecule has 8 heteroatoms. The third-order valence-electron chi connectivity index (χ3n) is 4.24. The summed E-state index contributed by atoms with van der Waals surface area (Å²) >= 11 is 1.39. The number of non-ortho nitro benzene ring substituents is 1. The summed E-state index contributed by atoms with van der Waals surface area (Å²) in [5, 5.41) is 16.5. The lowest BCUT2D eigenvalue weighted by Crippen LogP contribution is -2.24. The van der Waals surface area contributed by atoms with Crippen molar-refractivity contribution in [3.63, 3.8) is 0 Å². The molecule has 144 valence electrons. The molecule has 1 N–H and O–H groups in total. The Hall–Kier alpha value is -3.26. The third kappa shape index (κ3) is 4.17. The van der Waals surface area contributed by atoms with Gasteiger partial charge in [-0.1, -0.05) is 24.3 Å². The molecule has 0 bridgehead atoms. The highest BCUT2D eigenvalue weighted by atomic mass is 32.1. The van der Waals surface area contributed by atoms with E-state index < -0.39 is 4.92 Å². The maximum absolute atomic E-state index is 12.4. The highest BCUT2D eigenvalue weighted by molar-refractivity contribution is 7.14. The van der Waals surface area contributed by atoms with E-state index in [1.165, 1.54) is 30.4 Å².